The highest BCUT2D eigenvalue weighted by atomic mass is 79.9. The lowest BCUT2D eigenvalue weighted by molar-refractivity contribution is 0.439. The lowest BCUT2D eigenvalue weighted by atomic mass is 9.87. The van der Waals surface area contributed by atoms with Crippen LogP contribution in [-0.2, 0) is 12.5 Å². The molecule has 74 valence electrons. The first-order valence-corrected chi connectivity index (χ1v) is 5.47. The van der Waals surface area contributed by atoms with Crippen molar-refractivity contribution in [3.05, 3.63) is 18.2 Å². The summed E-state index contributed by atoms with van der Waals surface area (Å²) in [5.41, 5.74) is 0.140. The van der Waals surface area contributed by atoms with Crippen molar-refractivity contribution in [1.29, 1.82) is 0 Å². The van der Waals surface area contributed by atoms with Gasteiger partial charge in [0.15, 0.2) is 0 Å². The Morgan fingerprint density at radius 2 is 2.23 bits per heavy atom. The second kappa shape index (κ2) is 3.82. The summed E-state index contributed by atoms with van der Waals surface area (Å²) in [7, 11) is 2.04. The van der Waals surface area contributed by atoms with Gasteiger partial charge in [0.2, 0.25) is 0 Å². The average Bonchev–Trinajstić information content (AvgIpc) is 2.32. The average molecular weight is 245 g/mol. The number of aromatic nitrogens is 2. The first-order chi connectivity index (χ1) is 5.93. The van der Waals surface area contributed by atoms with Crippen molar-refractivity contribution in [3.8, 4) is 0 Å². The van der Waals surface area contributed by atoms with Crippen LogP contribution >= 0.6 is 15.9 Å². The van der Waals surface area contributed by atoms with E-state index in [4.69, 9.17) is 0 Å². The molecular weight excluding hydrogens is 228 g/mol. The Morgan fingerprint density at radius 1 is 1.62 bits per heavy atom. The van der Waals surface area contributed by atoms with Crippen LogP contribution in [0.1, 0.15) is 33.0 Å². The fraction of sp³-hybridized carbons (Fsp3) is 0.700. The van der Waals surface area contributed by atoms with Crippen LogP contribution in [0, 0.1) is 0 Å². The summed E-state index contributed by atoms with van der Waals surface area (Å²) in [5, 5.41) is 0. The number of rotatable bonds is 3. The van der Waals surface area contributed by atoms with Gasteiger partial charge in [-0.2, -0.15) is 0 Å². The molecule has 0 saturated carbocycles. The highest BCUT2D eigenvalue weighted by Crippen LogP contribution is 2.28. The highest BCUT2D eigenvalue weighted by molar-refractivity contribution is 9.09. The first-order valence-electron chi connectivity index (χ1n) is 4.55. The van der Waals surface area contributed by atoms with Gasteiger partial charge in [0.25, 0.3) is 0 Å². The Labute approximate surface area is 88.5 Å². The van der Waals surface area contributed by atoms with Crippen LogP contribution in [-0.4, -0.2) is 14.4 Å². The summed E-state index contributed by atoms with van der Waals surface area (Å²) in [4.78, 5) is 4.91. The van der Waals surface area contributed by atoms with Gasteiger partial charge < -0.3 is 4.57 Å². The zero-order valence-electron chi connectivity index (χ0n) is 8.71. The van der Waals surface area contributed by atoms with Gasteiger partial charge in [-0.25, -0.2) is 4.98 Å². The molecule has 2 nitrogen and oxygen atoms in total. The molecule has 1 atom stereocenters. The predicted octanol–water partition coefficient (Wildman–Crippen LogP) is 2.87. The maximum Gasteiger partial charge on any atom is 0.114 e. The van der Waals surface area contributed by atoms with E-state index in [1.807, 2.05) is 19.4 Å². The molecule has 1 rings (SSSR count). The monoisotopic (exact) mass is 244 g/mol. The normalized spacial score (nSPS) is 14.5. The molecule has 1 aromatic heterocycles. The molecule has 0 aromatic carbocycles. The van der Waals surface area contributed by atoms with Crippen molar-refractivity contribution in [2.24, 2.45) is 7.05 Å². The smallest absolute Gasteiger partial charge is 0.114 e. The van der Waals surface area contributed by atoms with E-state index in [1.54, 1.807) is 0 Å². The molecule has 0 N–H and O–H groups in total. The van der Waals surface area contributed by atoms with E-state index in [0.29, 0.717) is 4.83 Å². The zero-order chi connectivity index (χ0) is 10.1. The van der Waals surface area contributed by atoms with Gasteiger partial charge in [0.05, 0.1) is 0 Å². The van der Waals surface area contributed by atoms with E-state index in [9.17, 15) is 0 Å². The molecular formula is C10H17BrN2. The minimum absolute atomic E-state index is 0.140. The van der Waals surface area contributed by atoms with Crippen LogP contribution in [0.3, 0.4) is 0 Å². The molecule has 0 amide bonds. The Bertz CT molecular complexity index is 276. The Balaban J connectivity index is 2.87. The fourth-order valence-corrected chi connectivity index (χ4v) is 2.62. The minimum Gasteiger partial charge on any atom is -0.338 e. The molecule has 0 bridgehead atoms. The summed E-state index contributed by atoms with van der Waals surface area (Å²) in [5.74, 6) is 1.15. The van der Waals surface area contributed by atoms with E-state index in [1.165, 1.54) is 0 Å². The third-order valence-electron chi connectivity index (χ3n) is 2.22. The van der Waals surface area contributed by atoms with Crippen molar-refractivity contribution in [2.45, 2.75) is 37.4 Å². The fourth-order valence-electron chi connectivity index (χ4n) is 1.81. The van der Waals surface area contributed by atoms with Gasteiger partial charge in [0.1, 0.15) is 5.82 Å². The second-order valence-corrected chi connectivity index (χ2v) is 5.79. The van der Waals surface area contributed by atoms with E-state index < -0.39 is 0 Å². The van der Waals surface area contributed by atoms with Crippen LogP contribution in [0.2, 0.25) is 0 Å². The Hall–Kier alpha value is -0.310. The van der Waals surface area contributed by atoms with E-state index in [2.05, 4.69) is 46.3 Å². The minimum atomic E-state index is 0.140. The highest BCUT2D eigenvalue weighted by Gasteiger charge is 2.26. The van der Waals surface area contributed by atoms with Crippen molar-refractivity contribution < 1.29 is 0 Å². The molecule has 1 heterocycles. The number of aryl methyl sites for hydroxylation is 1. The number of hydrogen-bond acceptors (Lipinski definition) is 1. The van der Waals surface area contributed by atoms with E-state index in [0.717, 1.165) is 12.2 Å². The second-order valence-electron chi connectivity index (χ2n) is 4.23. The standard InChI is InChI=1S/C10H17BrN2/c1-8(11)7-10(2,3)9-12-5-6-13(9)4/h5-6,8H,7H2,1-4H3. The first kappa shape index (κ1) is 10.8. The van der Waals surface area contributed by atoms with Crippen LogP contribution in [0.25, 0.3) is 0 Å². The molecule has 0 radical (unpaired) electrons. The van der Waals surface area contributed by atoms with Crippen LogP contribution in [0.5, 0.6) is 0 Å². The molecule has 0 fully saturated rings. The van der Waals surface area contributed by atoms with Gasteiger partial charge in [-0.05, 0) is 6.42 Å². The summed E-state index contributed by atoms with van der Waals surface area (Å²) in [6, 6.07) is 0. The maximum atomic E-state index is 4.38. The molecule has 0 spiro atoms. The third-order valence-corrected chi connectivity index (χ3v) is 2.54. The summed E-state index contributed by atoms with van der Waals surface area (Å²) in [6.07, 6.45) is 4.95. The third kappa shape index (κ3) is 2.56. The largest absolute Gasteiger partial charge is 0.338 e. The summed E-state index contributed by atoms with van der Waals surface area (Å²) in [6.45, 7) is 6.63. The molecule has 1 aromatic rings. The van der Waals surface area contributed by atoms with Crippen molar-refractivity contribution >= 4 is 15.9 Å². The molecule has 3 heteroatoms. The van der Waals surface area contributed by atoms with Gasteiger partial charge in [0, 0.05) is 29.7 Å². The lowest BCUT2D eigenvalue weighted by Crippen LogP contribution is -2.24. The Morgan fingerprint density at radius 3 is 2.62 bits per heavy atom. The zero-order valence-corrected chi connectivity index (χ0v) is 10.3. The van der Waals surface area contributed by atoms with Gasteiger partial charge in [-0.15, -0.1) is 0 Å². The molecule has 13 heavy (non-hydrogen) atoms. The van der Waals surface area contributed by atoms with Crippen molar-refractivity contribution in [1.82, 2.24) is 9.55 Å². The molecule has 0 aliphatic heterocycles. The molecule has 0 aliphatic carbocycles. The lowest BCUT2D eigenvalue weighted by Gasteiger charge is -2.25. The van der Waals surface area contributed by atoms with Gasteiger partial charge in [-0.3, -0.25) is 0 Å². The van der Waals surface area contributed by atoms with Crippen LogP contribution in [0.4, 0.5) is 0 Å². The van der Waals surface area contributed by atoms with Crippen molar-refractivity contribution in [2.75, 3.05) is 0 Å². The summed E-state index contributed by atoms with van der Waals surface area (Å²) >= 11 is 3.58. The number of hydrogen-bond donors (Lipinski definition) is 0. The predicted molar refractivity (Wildman–Crippen MR) is 59.2 cm³/mol. The Kier molecular flexibility index (Phi) is 3.17. The summed E-state index contributed by atoms with van der Waals surface area (Å²) < 4.78 is 2.09. The molecule has 0 aliphatic rings. The molecule has 1 unspecified atom stereocenters. The number of imidazole rings is 1. The molecule has 0 saturated heterocycles. The van der Waals surface area contributed by atoms with Crippen LogP contribution < -0.4 is 0 Å². The van der Waals surface area contributed by atoms with E-state index >= 15 is 0 Å². The maximum absolute atomic E-state index is 4.38. The number of halogens is 1. The van der Waals surface area contributed by atoms with Crippen molar-refractivity contribution in [3.63, 3.8) is 0 Å². The van der Waals surface area contributed by atoms with E-state index in [-0.39, 0.29) is 5.41 Å². The number of nitrogens with zero attached hydrogens (tertiary/aromatic N) is 2. The van der Waals surface area contributed by atoms with Gasteiger partial charge >= 0.3 is 0 Å². The number of alkyl halides is 1. The van der Waals surface area contributed by atoms with Gasteiger partial charge in [-0.1, -0.05) is 36.7 Å². The topological polar surface area (TPSA) is 17.8 Å². The quantitative estimate of drug-likeness (QED) is 0.749. The van der Waals surface area contributed by atoms with Crippen LogP contribution in [0.15, 0.2) is 12.4 Å². The SMILES string of the molecule is CC(Br)CC(C)(C)c1nccn1C.